The molecule has 2 rings (SSSR count). The molecule has 0 aliphatic heterocycles. The van der Waals surface area contributed by atoms with Crippen molar-refractivity contribution in [3.63, 3.8) is 0 Å². The number of hydrogen-bond donors (Lipinski definition) is 1. The number of esters is 1. The maximum atomic E-state index is 11.6. The molecule has 0 aliphatic carbocycles. The quantitative estimate of drug-likeness (QED) is 0.879. The van der Waals surface area contributed by atoms with Crippen LogP contribution in [0.15, 0.2) is 30.5 Å². The number of benzene rings is 1. The van der Waals surface area contributed by atoms with E-state index in [0.717, 1.165) is 5.56 Å². The van der Waals surface area contributed by atoms with E-state index in [2.05, 4.69) is 9.72 Å². The lowest BCUT2D eigenvalue weighted by Crippen LogP contribution is -2.07. The second kappa shape index (κ2) is 5.79. The van der Waals surface area contributed by atoms with E-state index in [1.807, 2.05) is 13.0 Å². The summed E-state index contributed by atoms with van der Waals surface area (Å²) in [7, 11) is 1.28. The zero-order valence-corrected chi connectivity index (χ0v) is 11.8. The van der Waals surface area contributed by atoms with Crippen molar-refractivity contribution >= 4 is 23.3 Å². The smallest absolute Gasteiger partial charge is 0.340 e. The number of pyridine rings is 1. The number of ether oxygens (including phenoxy) is 2. The van der Waals surface area contributed by atoms with E-state index in [0.29, 0.717) is 10.8 Å². The molecule has 2 aromatic rings. The number of nitrogen functional groups attached to an aromatic ring is 1. The average molecular weight is 293 g/mol. The van der Waals surface area contributed by atoms with Crippen molar-refractivity contribution in [2.45, 2.75) is 6.92 Å². The molecule has 0 unspecified atom stereocenters. The number of nitrogens with two attached hydrogens (primary N) is 1. The highest BCUT2D eigenvalue weighted by Gasteiger charge is 2.16. The highest BCUT2D eigenvalue weighted by Crippen LogP contribution is 2.31. The van der Waals surface area contributed by atoms with Crippen molar-refractivity contribution < 1.29 is 14.3 Å². The number of carbonyl (C=O) groups excluding carboxylic acids is 1. The highest BCUT2D eigenvalue weighted by atomic mass is 35.5. The molecular weight excluding hydrogens is 280 g/mol. The van der Waals surface area contributed by atoms with Crippen LogP contribution in [0.2, 0.25) is 5.02 Å². The minimum atomic E-state index is -0.544. The van der Waals surface area contributed by atoms with Gasteiger partial charge < -0.3 is 15.2 Å². The fourth-order valence-corrected chi connectivity index (χ4v) is 1.77. The highest BCUT2D eigenvalue weighted by molar-refractivity contribution is 6.30. The molecular formula is C14H13ClN2O3. The first kappa shape index (κ1) is 14.1. The first-order chi connectivity index (χ1) is 9.52. The van der Waals surface area contributed by atoms with Gasteiger partial charge in [-0.25, -0.2) is 9.78 Å². The Labute approximate surface area is 121 Å². The van der Waals surface area contributed by atoms with Gasteiger partial charge in [0.15, 0.2) is 0 Å². The largest absolute Gasteiger partial charge is 0.465 e. The molecule has 1 heterocycles. The van der Waals surface area contributed by atoms with Gasteiger partial charge in [0.25, 0.3) is 0 Å². The number of halogens is 1. The predicted octanol–water partition coefficient (Wildman–Crippen LogP) is 3.20. The summed E-state index contributed by atoms with van der Waals surface area (Å²) in [5, 5.41) is 0.535. The number of carbonyl (C=O) groups is 1. The van der Waals surface area contributed by atoms with E-state index in [4.69, 9.17) is 22.1 Å². The molecule has 1 aromatic heterocycles. The molecule has 2 N–H and O–H groups in total. The summed E-state index contributed by atoms with van der Waals surface area (Å²) in [6.07, 6.45) is 1.43. The Bertz CT molecular complexity index is 659. The summed E-state index contributed by atoms with van der Waals surface area (Å²) in [6, 6.07) is 6.70. The van der Waals surface area contributed by atoms with Crippen LogP contribution in [0.1, 0.15) is 15.9 Å². The first-order valence-corrected chi connectivity index (χ1v) is 6.17. The van der Waals surface area contributed by atoms with Crippen molar-refractivity contribution in [1.29, 1.82) is 0 Å². The van der Waals surface area contributed by atoms with Crippen LogP contribution in [0.4, 0.5) is 5.69 Å². The lowest BCUT2D eigenvalue weighted by Gasteiger charge is -2.11. The van der Waals surface area contributed by atoms with Crippen LogP contribution < -0.4 is 10.5 Å². The van der Waals surface area contributed by atoms with Gasteiger partial charge in [0.05, 0.1) is 12.7 Å². The molecule has 5 nitrogen and oxygen atoms in total. The summed E-state index contributed by atoms with van der Waals surface area (Å²) < 4.78 is 10.3. The summed E-state index contributed by atoms with van der Waals surface area (Å²) in [5.41, 5.74) is 7.08. The van der Waals surface area contributed by atoms with Gasteiger partial charge in [-0.05, 0) is 30.7 Å². The number of hydrogen-bond acceptors (Lipinski definition) is 5. The molecule has 0 saturated carbocycles. The summed E-state index contributed by atoms with van der Waals surface area (Å²) in [6.45, 7) is 1.87. The van der Waals surface area contributed by atoms with Crippen LogP contribution in [0.25, 0.3) is 0 Å². The molecule has 0 saturated heterocycles. The number of rotatable bonds is 3. The lowest BCUT2D eigenvalue weighted by atomic mass is 10.2. The van der Waals surface area contributed by atoms with E-state index in [9.17, 15) is 4.79 Å². The van der Waals surface area contributed by atoms with Crippen molar-refractivity contribution in [3.05, 3.63) is 46.6 Å². The Morgan fingerprint density at radius 2 is 2.10 bits per heavy atom. The van der Waals surface area contributed by atoms with Crippen LogP contribution in [0.3, 0.4) is 0 Å². The third-order valence-electron chi connectivity index (χ3n) is 2.72. The summed E-state index contributed by atoms with van der Waals surface area (Å²) in [5.74, 6) is 0.120. The minimum absolute atomic E-state index is 0.124. The Balaban J connectivity index is 2.39. The second-order valence-electron chi connectivity index (χ2n) is 4.08. The Morgan fingerprint density at radius 3 is 2.80 bits per heavy atom. The maximum Gasteiger partial charge on any atom is 0.340 e. The molecule has 0 amide bonds. The molecule has 1 aromatic carbocycles. The van der Waals surface area contributed by atoms with Gasteiger partial charge in [-0.3, -0.25) is 0 Å². The molecule has 0 atom stereocenters. The topological polar surface area (TPSA) is 74.4 Å². The molecule has 104 valence electrons. The van der Waals surface area contributed by atoms with Crippen LogP contribution in [0, 0.1) is 6.92 Å². The fraction of sp³-hybridized carbons (Fsp3) is 0.143. The van der Waals surface area contributed by atoms with Crippen molar-refractivity contribution in [1.82, 2.24) is 4.98 Å². The molecule has 6 heteroatoms. The standard InChI is InChI=1S/C14H13ClN2O3/c1-8-3-4-9(15)7-11(8)20-13-12(16)10(5-6-17-13)14(18)19-2/h3-7H,16H2,1-2H3. The summed E-state index contributed by atoms with van der Waals surface area (Å²) in [4.78, 5) is 15.6. The number of anilines is 1. The van der Waals surface area contributed by atoms with Gasteiger partial charge in [0, 0.05) is 11.2 Å². The SMILES string of the molecule is COC(=O)c1ccnc(Oc2cc(Cl)ccc2C)c1N. The first-order valence-electron chi connectivity index (χ1n) is 5.79. The Hall–Kier alpha value is -2.27. The second-order valence-corrected chi connectivity index (χ2v) is 4.52. The number of nitrogens with zero attached hydrogens (tertiary/aromatic N) is 1. The van der Waals surface area contributed by atoms with Gasteiger partial charge in [-0.15, -0.1) is 0 Å². The minimum Gasteiger partial charge on any atom is -0.465 e. The number of aryl methyl sites for hydroxylation is 1. The number of aromatic nitrogens is 1. The monoisotopic (exact) mass is 292 g/mol. The Kier molecular flexibility index (Phi) is 4.10. The number of methoxy groups -OCH3 is 1. The molecule has 0 radical (unpaired) electrons. The van der Waals surface area contributed by atoms with Crippen LogP contribution in [-0.4, -0.2) is 18.1 Å². The Morgan fingerprint density at radius 1 is 1.35 bits per heavy atom. The van der Waals surface area contributed by atoms with Gasteiger partial charge in [-0.1, -0.05) is 17.7 Å². The molecule has 0 aliphatic rings. The van der Waals surface area contributed by atoms with Gasteiger partial charge in [0.2, 0.25) is 5.88 Å². The average Bonchev–Trinajstić information content (AvgIpc) is 2.44. The lowest BCUT2D eigenvalue weighted by molar-refractivity contribution is 0.0601. The van der Waals surface area contributed by atoms with Crippen molar-refractivity contribution in [2.24, 2.45) is 0 Å². The fourth-order valence-electron chi connectivity index (χ4n) is 1.61. The third kappa shape index (κ3) is 2.83. The van der Waals surface area contributed by atoms with Crippen LogP contribution >= 0.6 is 11.6 Å². The summed E-state index contributed by atoms with van der Waals surface area (Å²) >= 11 is 5.92. The normalized spacial score (nSPS) is 10.2. The molecule has 0 spiro atoms. The van der Waals surface area contributed by atoms with Gasteiger partial charge in [0.1, 0.15) is 11.4 Å². The molecule has 0 fully saturated rings. The zero-order valence-electron chi connectivity index (χ0n) is 11.0. The molecule has 0 bridgehead atoms. The van der Waals surface area contributed by atoms with E-state index in [1.54, 1.807) is 12.1 Å². The van der Waals surface area contributed by atoms with Crippen molar-refractivity contribution in [3.8, 4) is 11.6 Å². The van der Waals surface area contributed by atoms with E-state index in [1.165, 1.54) is 19.4 Å². The van der Waals surface area contributed by atoms with E-state index in [-0.39, 0.29) is 17.1 Å². The maximum absolute atomic E-state index is 11.6. The van der Waals surface area contributed by atoms with Gasteiger partial charge >= 0.3 is 5.97 Å². The van der Waals surface area contributed by atoms with Gasteiger partial charge in [-0.2, -0.15) is 0 Å². The van der Waals surface area contributed by atoms with Crippen molar-refractivity contribution in [2.75, 3.05) is 12.8 Å². The van der Waals surface area contributed by atoms with Crippen LogP contribution in [0.5, 0.6) is 11.6 Å². The zero-order chi connectivity index (χ0) is 14.7. The predicted molar refractivity (Wildman–Crippen MR) is 76.3 cm³/mol. The van der Waals surface area contributed by atoms with E-state index >= 15 is 0 Å². The van der Waals surface area contributed by atoms with E-state index < -0.39 is 5.97 Å². The molecule has 20 heavy (non-hydrogen) atoms. The third-order valence-corrected chi connectivity index (χ3v) is 2.95. The van der Waals surface area contributed by atoms with Crippen LogP contribution in [-0.2, 0) is 4.74 Å².